The molecule has 128 valence electrons. The summed E-state index contributed by atoms with van der Waals surface area (Å²) in [5.74, 6) is 2.71. The minimum atomic E-state index is 0.460. The third kappa shape index (κ3) is 3.33. The van der Waals surface area contributed by atoms with Crippen molar-refractivity contribution in [2.75, 3.05) is 54.0 Å². The molecule has 0 unspecified atom stereocenters. The average molecular weight is 335 g/mol. The zero-order valence-electron chi connectivity index (χ0n) is 14.2. The summed E-state index contributed by atoms with van der Waals surface area (Å²) in [7, 11) is 0. The Bertz CT molecular complexity index is 771. The summed E-state index contributed by atoms with van der Waals surface area (Å²) in [6.45, 7) is 5.57. The van der Waals surface area contributed by atoms with E-state index in [0.29, 0.717) is 5.69 Å². The lowest BCUT2D eigenvalue weighted by Crippen LogP contribution is -2.47. The highest BCUT2D eigenvalue weighted by Gasteiger charge is 2.21. The highest BCUT2D eigenvalue weighted by molar-refractivity contribution is 5.47. The van der Waals surface area contributed by atoms with E-state index in [4.69, 9.17) is 10.2 Å². The molecule has 0 aromatic carbocycles. The van der Waals surface area contributed by atoms with Crippen LogP contribution in [-0.2, 0) is 0 Å². The van der Waals surface area contributed by atoms with E-state index in [1.54, 1.807) is 6.07 Å². The van der Waals surface area contributed by atoms with Crippen LogP contribution in [0.5, 0.6) is 0 Å². The molecule has 2 aliphatic heterocycles. The average Bonchev–Trinajstić information content (AvgIpc) is 3.23. The summed E-state index contributed by atoms with van der Waals surface area (Å²) >= 11 is 0. The fourth-order valence-electron chi connectivity index (χ4n) is 3.41. The van der Waals surface area contributed by atoms with Gasteiger partial charge in [-0.1, -0.05) is 6.07 Å². The molecule has 0 atom stereocenters. The van der Waals surface area contributed by atoms with Gasteiger partial charge in [0.15, 0.2) is 0 Å². The largest absolute Gasteiger partial charge is 0.356 e. The van der Waals surface area contributed by atoms with Gasteiger partial charge in [0, 0.05) is 45.5 Å². The van der Waals surface area contributed by atoms with E-state index in [0.717, 1.165) is 56.9 Å². The summed E-state index contributed by atoms with van der Waals surface area (Å²) < 4.78 is 0. The van der Waals surface area contributed by atoms with Gasteiger partial charge >= 0.3 is 0 Å². The number of rotatable bonds is 3. The minimum Gasteiger partial charge on any atom is -0.356 e. The lowest BCUT2D eigenvalue weighted by atomic mass is 10.3. The van der Waals surface area contributed by atoms with E-state index in [1.807, 2.05) is 24.4 Å². The van der Waals surface area contributed by atoms with Crippen LogP contribution in [-0.4, -0.2) is 54.2 Å². The lowest BCUT2D eigenvalue weighted by Gasteiger charge is -2.35. The fourth-order valence-corrected chi connectivity index (χ4v) is 3.41. The van der Waals surface area contributed by atoms with E-state index in [2.05, 4.69) is 30.7 Å². The molecule has 2 aromatic rings. The molecule has 0 amide bonds. The molecule has 25 heavy (non-hydrogen) atoms. The number of hydrogen-bond donors (Lipinski definition) is 0. The zero-order valence-corrected chi connectivity index (χ0v) is 14.2. The Hall–Kier alpha value is -2.88. The molecule has 0 bridgehead atoms. The number of nitriles is 1. The molecule has 2 aliphatic rings. The Labute approximate surface area is 147 Å². The summed E-state index contributed by atoms with van der Waals surface area (Å²) in [4.78, 5) is 20.4. The molecule has 4 heterocycles. The molecule has 0 spiro atoms. The van der Waals surface area contributed by atoms with Gasteiger partial charge in [-0.15, -0.1) is 0 Å². The molecule has 4 rings (SSSR count). The second kappa shape index (κ2) is 6.93. The number of aromatic nitrogens is 3. The fraction of sp³-hybridized carbons (Fsp3) is 0.444. The molecule has 0 N–H and O–H groups in total. The van der Waals surface area contributed by atoms with Crippen LogP contribution in [0, 0.1) is 11.3 Å². The van der Waals surface area contributed by atoms with Crippen molar-refractivity contribution in [1.82, 2.24) is 15.0 Å². The maximum absolute atomic E-state index is 9.01. The normalized spacial score (nSPS) is 17.6. The monoisotopic (exact) mass is 335 g/mol. The van der Waals surface area contributed by atoms with Gasteiger partial charge < -0.3 is 14.7 Å². The highest BCUT2D eigenvalue weighted by Crippen LogP contribution is 2.21. The van der Waals surface area contributed by atoms with Crippen molar-refractivity contribution in [3.8, 4) is 6.07 Å². The van der Waals surface area contributed by atoms with Crippen molar-refractivity contribution in [2.24, 2.45) is 0 Å². The van der Waals surface area contributed by atoms with Crippen LogP contribution in [0.1, 0.15) is 18.5 Å². The van der Waals surface area contributed by atoms with Crippen LogP contribution in [0.15, 0.2) is 30.5 Å². The second-order valence-electron chi connectivity index (χ2n) is 6.38. The highest BCUT2D eigenvalue weighted by atomic mass is 15.3. The Kier molecular flexibility index (Phi) is 4.34. The molecule has 0 saturated carbocycles. The van der Waals surface area contributed by atoms with Crippen LogP contribution in [0.2, 0.25) is 0 Å². The smallest absolute Gasteiger partial charge is 0.227 e. The van der Waals surface area contributed by atoms with Crippen molar-refractivity contribution in [2.45, 2.75) is 12.8 Å². The van der Waals surface area contributed by atoms with Gasteiger partial charge in [0.1, 0.15) is 23.4 Å². The Morgan fingerprint density at radius 2 is 1.48 bits per heavy atom. The zero-order chi connectivity index (χ0) is 17.1. The van der Waals surface area contributed by atoms with Crippen LogP contribution in [0.25, 0.3) is 0 Å². The van der Waals surface area contributed by atoms with Crippen LogP contribution in [0.3, 0.4) is 0 Å². The maximum Gasteiger partial charge on any atom is 0.227 e. The van der Waals surface area contributed by atoms with Crippen molar-refractivity contribution in [1.29, 1.82) is 5.26 Å². The summed E-state index contributed by atoms with van der Waals surface area (Å²) in [5, 5.41) is 9.01. The van der Waals surface area contributed by atoms with E-state index in [1.165, 1.54) is 12.8 Å². The summed E-state index contributed by atoms with van der Waals surface area (Å²) in [6, 6.07) is 9.68. The number of piperazine rings is 1. The third-order valence-electron chi connectivity index (χ3n) is 4.79. The van der Waals surface area contributed by atoms with Crippen LogP contribution in [0.4, 0.5) is 17.6 Å². The molecule has 7 heteroatoms. The second-order valence-corrected chi connectivity index (χ2v) is 6.38. The molecule has 2 saturated heterocycles. The van der Waals surface area contributed by atoms with E-state index in [-0.39, 0.29) is 0 Å². The van der Waals surface area contributed by atoms with Crippen molar-refractivity contribution >= 4 is 17.6 Å². The van der Waals surface area contributed by atoms with Crippen LogP contribution < -0.4 is 14.7 Å². The minimum absolute atomic E-state index is 0.460. The van der Waals surface area contributed by atoms with Crippen LogP contribution >= 0.6 is 0 Å². The molecular weight excluding hydrogens is 314 g/mol. The van der Waals surface area contributed by atoms with E-state index in [9.17, 15) is 0 Å². The van der Waals surface area contributed by atoms with Crippen molar-refractivity contribution < 1.29 is 0 Å². The molecular formula is C18H21N7. The lowest BCUT2D eigenvalue weighted by molar-refractivity contribution is 0.634. The molecule has 2 aromatic heterocycles. The first-order valence-electron chi connectivity index (χ1n) is 8.78. The number of anilines is 3. The molecule has 0 aliphatic carbocycles. The van der Waals surface area contributed by atoms with Gasteiger partial charge in [-0.25, -0.2) is 9.97 Å². The van der Waals surface area contributed by atoms with Gasteiger partial charge in [0.2, 0.25) is 5.95 Å². The first kappa shape index (κ1) is 15.6. The third-order valence-corrected chi connectivity index (χ3v) is 4.79. The first-order valence-corrected chi connectivity index (χ1v) is 8.78. The summed E-state index contributed by atoms with van der Waals surface area (Å²) in [6.07, 6.45) is 4.35. The number of pyridine rings is 1. The molecule has 0 radical (unpaired) electrons. The molecule has 2 fully saturated rings. The first-order chi connectivity index (χ1) is 12.3. The Balaban J connectivity index is 1.43. The predicted molar refractivity (Wildman–Crippen MR) is 96.9 cm³/mol. The van der Waals surface area contributed by atoms with Crippen molar-refractivity contribution in [3.05, 3.63) is 36.2 Å². The molecule has 7 nitrogen and oxygen atoms in total. The number of nitrogens with zero attached hydrogens (tertiary/aromatic N) is 7. The standard InChI is InChI=1S/C18H21N7/c19-14-15-4-3-5-16(21-15)24-10-12-25(13-11-24)18-20-7-6-17(22-18)23-8-1-2-9-23/h3-7H,1-2,8-13H2. The van der Waals surface area contributed by atoms with Gasteiger partial charge in [-0.2, -0.15) is 10.2 Å². The van der Waals surface area contributed by atoms with Gasteiger partial charge in [-0.05, 0) is 31.0 Å². The van der Waals surface area contributed by atoms with E-state index >= 15 is 0 Å². The quantitative estimate of drug-likeness (QED) is 0.845. The Morgan fingerprint density at radius 1 is 0.800 bits per heavy atom. The SMILES string of the molecule is N#Cc1cccc(N2CCN(c3nccc(N4CCCC4)n3)CC2)n1. The summed E-state index contributed by atoms with van der Waals surface area (Å²) in [5.41, 5.74) is 0.460. The topological polar surface area (TPSA) is 72.2 Å². The number of hydrogen-bond acceptors (Lipinski definition) is 7. The van der Waals surface area contributed by atoms with Gasteiger partial charge in [0.25, 0.3) is 0 Å². The Morgan fingerprint density at radius 3 is 2.24 bits per heavy atom. The van der Waals surface area contributed by atoms with Gasteiger partial charge in [0.05, 0.1) is 0 Å². The van der Waals surface area contributed by atoms with Gasteiger partial charge in [-0.3, -0.25) is 0 Å². The maximum atomic E-state index is 9.01. The van der Waals surface area contributed by atoms with E-state index < -0.39 is 0 Å². The van der Waals surface area contributed by atoms with Crippen molar-refractivity contribution in [3.63, 3.8) is 0 Å². The predicted octanol–water partition coefficient (Wildman–Crippen LogP) is 1.67.